The quantitative estimate of drug-likeness (QED) is 0.568. The van der Waals surface area contributed by atoms with E-state index < -0.39 is 0 Å². The maximum absolute atomic E-state index is 12.6. The molecule has 2 amide bonds. The molecule has 1 heterocycles. The zero-order valence-electron chi connectivity index (χ0n) is 15.4. The summed E-state index contributed by atoms with van der Waals surface area (Å²) in [5.41, 5.74) is 4.02. The van der Waals surface area contributed by atoms with Crippen molar-refractivity contribution in [3.05, 3.63) is 77.1 Å². The summed E-state index contributed by atoms with van der Waals surface area (Å²) >= 11 is 6.06. The lowest BCUT2D eigenvalue weighted by molar-refractivity contribution is -0.114. The molecule has 3 N–H and O–H groups in total. The lowest BCUT2D eigenvalue weighted by Crippen LogP contribution is -2.14. The zero-order chi connectivity index (χ0) is 20.1. The second-order valence-corrected chi connectivity index (χ2v) is 6.67. The van der Waals surface area contributed by atoms with Crippen LogP contribution in [0.5, 0.6) is 0 Å². The Labute approximate surface area is 168 Å². The maximum atomic E-state index is 12.6. The highest BCUT2D eigenvalue weighted by Gasteiger charge is 2.10. The van der Waals surface area contributed by atoms with Crippen molar-refractivity contribution in [1.29, 1.82) is 0 Å². The number of nitrogens with one attached hydrogen (secondary N) is 3. The molecule has 0 fully saturated rings. The largest absolute Gasteiger partial charge is 0.355 e. The van der Waals surface area contributed by atoms with Gasteiger partial charge in [0.25, 0.3) is 5.91 Å². The molecule has 0 bridgehead atoms. The molecule has 0 spiro atoms. The second-order valence-electron chi connectivity index (χ2n) is 6.23. The van der Waals surface area contributed by atoms with Crippen LogP contribution in [-0.4, -0.2) is 16.8 Å². The summed E-state index contributed by atoms with van der Waals surface area (Å²) in [6.45, 7) is 3.39. The van der Waals surface area contributed by atoms with Gasteiger partial charge in [0.15, 0.2) is 0 Å². The first kappa shape index (κ1) is 19.4. The number of anilines is 4. The van der Waals surface area contributed by atoms with Gasteiger partial charge in [0, 0.05) is 40.9 Å². The molecule has 6 nitrogen and oxygen atoms in total. The topological polar surface area (TPSA) is 83.1 Å². The number of carbonyl (C=O) groups excluding carboxylic acids is 2. The highest BCUT2D eigenvalue weighted by molar-refractivity contribution is 6.30. The third-order valence-corrected chi connectivity index (χ3v) is 4.15. The van der Waals surface area contributed by atoms with Crippen LogP contribution < -0.4 is 16.0 Å². The van der Waals surface area contributed by atoms with E-state index in [4.69, 9.17) is 11.6 Å². The van der Waals surface area contributed by atoms with Gasteiger partial charge in [-0.2, -0.15) is 0 Å². The molecule has 3 rings (SSSR count). The minimum absolute atomic E-state index is 0.180. The fourth-order valence-corrected chi connectivity index (χ4v) is 2.76. The summed E-state index contributed by atoms with van der Waals surface area (Å²) in [4.78, 5) is 27.9. The molecule has 28 heavy (non-hydrogen) atoms. The molecule has 0 atom stereocenters. The number of hydrogen-bond donors (Lipinski definition) is 3. The van der Waals surface area contributed by atoms with Crippen molar-refractivity contribution in [3.63, 3.8) is 0 Å². The van der Waals surface area contributed by atoms with E-state index in [1.807, 2.05) is 25.1 Å². The maximum Gasteiger partial charge on any atom is 0.274 e. The molecule has 0 unspecified atom stereocenters. The Morgan fingerprint density at radius 2 is 1.68 bits per heavy atom. The van der Waals surface area contributed by atoms with Crippen LogP contribution in [0.25, 0.3) is 0 Å². The Bertz CT molecular complexity index is 1040. The van der Waals surface area contributed by atoms with Crippen molar-refractivity contribution in [2.45, 2.75) is 13.8 Å². The molecule has 0 aliphatic rings. The van der Waals surface area contributed by atoms with Crippen molar-refractivity contribution in [3.8, 4) is 0 Å². The van der Waals surface area contributed by atoms with Gasteiger partial charge >= 0.3 is 0 Å². The van der Waals surface area contributed by atoms with Crippen molar-refractivity contribution in [2.24, 2.45) is 0 Å². The Morgan fingerprint density at radius 3 is 2.43 bits per heavy atom. The van der Waals surface area contributed by atoms with Gasteiger partial charge in [0.05, 0.1) is 0 Å². The summed E-state index contributed by atoms with van der Waals surface area (Å²) in [7, 11) is 0. The van der Waals surface area contributed by atoms with Crippen molar-refractivity contribution in [2.75, 3.05) is 16.0 Å². The first-order chi connectivity index (χ1) is 13.4. The number of carbonyl (C=O) groups is 2. The van der Waals surface area contributed by atoms with E-state index in [0.717, 1.165) is 16.9 Å². The van der Waals surface area contributed by atoms with Crippen LogP contribution >= 0.6 is 11.6 Å². The van der Waals surface area contributed by atoms with Gasteiger partial charge in [-0.15, -0.1) is 0 Å². The predicted octanol–water partition coefficient (Wildman–Crippen LogP) is 5.00. The van der Waals surface area contributed by atoms with Crippen LogP contribution in [0.3, 0.4) is 0 Å². The summed E-state index contributed by atoms with van der Waals surface area (Å²) in [6.07, 6.45) is 1.56. The van der Waals surface area contributed by atoms with Crippen molar-refractivity contribution < 1.29 is 9.59 Å². The second kappa shape index (κ2) is 8.54. The molecule has 142 valence electrons. The number of pyridine rings is 1. The molecule has 0 saturated carbocycles. The fraction of sp³-hybridized carbons (Fsp3) is 0.0952. The monoisotopic (exact) mass is 394 g/mol. The number of hydrogen-bond acceptors (Lipinski definition) is 4. The van der Waals surface area contributed by atoms with Crippen LogP contribution in [0.15, 0.2) is 60.8 Å². The summed E-state index contributed by atoms with van der Waals surface area (Å²) in [5, 5.41) is 9.33. The SMILES string of the molecule is CC(=O)Nc1cccc(NC(=O)c2cc(Nc3cc(Cl)ccc3C)ccn2)c1. The normalized spacial score (nSPS) is 10.2. The van der Waals surface area contributed by atoms with E-state index in [0.29, 0.717) is 16.4 Å². The van der Waals surface area contributed by atoms with E-state index in [2.05, 4.69) is 20.9 Å². The highest BCUT2D eigenvalue weighted by atomic mass is 35.5. The van der Waals surface area contributed by atoms with Crippen LogP contribution in [0, 0.1) is 6.92 Å². The summed E-state index contributed by atoms with van der Waals surface area (Å²) < 4.78 is 0. The average molecular weight is 395 g/mol. The van der Waals surface area contributed by atoms with Crippen LogP contribution in [-0.2, 0) is 4.79 Å². The third kappa shape index (κ3) is 5.08. The lowest BCUT2D eigenvalue weighted by Gasteiger charge is -2.11. The van der Waals surface area contributed by atoms with Crippen LogP contribution in [0.2, 0.25) is 5.02 Å². The van der Waals surface area contributed by atoms with E-state index in [9.17, 15) is 9.59 Å². The highest BCUT2D eigenvalue weighted by Crippen LogP contribution is 2.24. The van der Waals surface area contributed by atoms with Crippen LogP contribution in [0.1, 0.15) is 23.0 Å². The minimum atomic E-state index is -0.355. The molecule has 0 aliphatic heterocycles. The lowest BCUT2D eigenvalue weighted by atomic mass is 10.2. The van der Waals surface area contributed by atoms with Gasteiger partial charge in [-0.05, 0) is 55.0 Å². The molecular formula is C21H19ClN4O2. The molecule has 0 radical (unpaired) electrons. The molecular weight excluding hydrogens is 376 g/mol. The zero-order valence-corrected chi connectivity index (χ0v) is 16.2. The Kier molecular flexibility index (Phi) is 5.91. The standard InChI is InChI=1S/C21H19ClN4O2/c1-13-6-7-15(22)10-19(13)25-18-8-9-23-20(12-18)21(28)26-17-5-3-4-16(11-17)24-14(2)27/h3-12H,1-2H3,(H,23,25)(H,24,27)(H,26,28). The van der Waals surface area contributed by atoms with E-state index in [1.54, 1.807) is 42.6 Å². The molecule has 0 saturated heterocycles. The number of aromatic nitrogens is 1. The number of halogens is 1. The number of benzene rings is 2. The average Bonchev–Trinajstić information content (AvgIpc) is 2.65. The van der Waals surface area contributed by atoms with E-state index >= 15 is 0 Å². The number of rotatable bonds is 5. The minimum Gasteiger partial charge on any atom is -0.355 e. The van der Waals surface area contributed by atoms with Gasteiger partial charge in [0.2, 0.25) is 5.91 Å². The summed E-state index contributed by atoms with van der Waals surface area (Å²) in [6, 6.07) is 15.9. The van der Waals surface area contributed by atoms with Crippen molar-refractivity contribution in [1.82, 2.24) is 4.98 Å². The van der Waals surface area contributed by atoms with Gasteiger partial charge in [-0.25, -0.2) is 0 Å². The molecule has 0 aliphatic carbocycles. The van der Waals surface area contributed by atoms with Crippen LogP contribution in [0.4, 0.5) is 22.7 Å². The van der Waals surface area contributed by atoms with Crippen molar-refractivity contribution >= 4 is 46.2 Å². The van der Waals surface area contributed by atoms with E-state index in [1.165, 1.54) is 6.92 Å². The number of amides is 2. The molecule has 3 aromatic rings. The Hall–Kier alpha value is -3.38. The molecule has 7 heteroatoms. The number of aryl methyl sites for hydroxylation is 1. The first-order valence-electron chi connectivity index (χ1n) is 8.59. The van der Waals surface area contributed by atoms with E-state index in [-0.39, 0.29) is 17.5 Å². The summed E-state index contributed by atoms with van der Waals surface area (Å²) in [5.74, 6) is -0.535. The fourth-order valence-electron chi connectivity index (χ4n) is 2.59. The van der Waals surface area contributed by atoms with Gasteiger partial charge < -0.3 is 16.0 Å². The molecule has 2 aromatic carbocycles. The Balaban J connectivity index is 1.75. The van der Waals surface area contributed by atoms with Gasteiger partial charge in [0.1, 0.15) is 5.69 Å². The third-order valence-electron chi connectivity index (χ3n) is 3.91. The first-order valence-corrected chi connectivity index (χ1v) is 8.97. The predicted molar refractivity (Wildman–Crippen MR) is 112 cm³/mol. The van der Waals surface area contributed by atoms with Gasteiger partial charge in [-0.3, -0.25) is 14.6 Å². The number of nitrogens with zero attached hydrogens (tertiary/aromatic N) is 1. The Morgan fingerprint density at radius 1 is 0.929 bits per heavy atom. The molecule has 1 aromatic heterocycles. The van der Waals surface area contributed by atoms with Gasteiger partial charge in [-0.1, -0.05) is 23.7 Å². The smallest absolute Gasteiger partial charge is 0.274 e.